The van der Waals surface area contributed by atoms with Crippen LogP contribution in [0.1, 0.15) is 31.3 Å². The largest absolute Gasteiger partial charge is 0.384 e. The second-order valence-electron chi connectivity index (χ2n) is 6.20. The summed E-state index contributed by atoms with van der Waals surface area (Å²) < 4.78 is 11.4. The molecule has 2 aromatic heterocycles. The van der Waals surface area contributed by atoms with Crippen LogP contribution in [0.15, 0.2) is 12.4 Å². The summed E-state index contributed by atoms with van der Waals surface area (Å²) in [7, 11) is 3.65. The van der Waals surface area contributed by atoms with Crippen molar-refractivity contribution in [2.45, 2.75) is 26.3 Å². The molecule has 1 fully saturated rings. The minimum atomic E-state index is 0.224. The molecule has 3 heterocycles. The third kappa shape index (κ3) is 2.67. The van der Waals surface area contributed by atoms with Gasteiger partial charge in [0.05, 0.1) is 18.8 Å². The fourth-order valence-corrected chi connectivity index (χ4v) is 3.71. The van der Waals surface area contributed by atoms with Crippen molar-refractivity contribution in [3.63, 3.8) is 0 Å². The first kappa shape index (κ1) is 14.5. The van der Waals surface area contributed by atoms with E-state index in [1.54, 1.807) is 7.11 Å². The van der Waals surface area contributed by atoms with Crippen LogP contribution < -0.4 is 4.90 Å². The van der Waals surface area contributed by atoms with Gasteiger partial charge in [-0.15, -0.1) is 0 Å². The van der Waals surface area contributed by atoms with Crippen molar-refractivity contribution in [3.05, 3.63) is 23.8 Å². The molecule has 7 heteroatoms. The maximum atomic E-state index is 5.08. The molecule has 2 aromatic rings. The third-order valence-electron chi connectivity index (χ3n) is 3.90. The number of ether oxygens (including phenoxy) is 1. The summed E-state index contributed by atoms with van der Waals surface area (Å²) in [6.45, 7) is 6.22. The molecule has 1 unspecified atom stereocenters. The van der Waals surface area contributed by atoms with Crippen LogP contribution in [-0.2, 0) is 18.2 Å². The van der Waals surface area contributed by atoms with E-state index in [1.165, 1.54) is 17.1 Å². The van der Waals surface area contributed by atoms with Gasteiger partial charge in [-0.2, -0.15) is 9.47 Å². The number of anilines is 1. The summed E-state index contributed by atoms with van der Waals surface area (Å²) in [5.74, 6) is 0.867. The molecule has 21 heavy (non-hydrogen) atoms. The van der Waals surface area contributed by atoms with Gasteiger partial charge in [-0.1, -0.05) is 13.8 Å². The van der Waals surface area contributed by atoms with E-state index in [1.807, 2.05) is 17.9 Å². The molecule has 1 saturated heterocycles. The van der Waals surface area contributed by atoms with E-state index in [0.29, 0.717) is 12.6 Å². The average Bonchev–Trinajstić information content (AvgIpc) is 3.03. The molecule has 0 amide bonds. The molecule has 114 valence electrons. The molecule has 3 rings (SSSR count). The predicted octanol–water partition coefficient (Wildman–Crippen LogP) is 2.05. The zero-order valence-electron chi connectivity index (χ0n) is 12.9. The fourth-order valence-electron chi connectivity index (χ4n) is 2.97. The molecule has 0 bridgehead atoms. The Morgan fingerprint density at radius 2 is 2.29 bits per heavy atom. The molecule has 0 radical (unpaired) electrons. The topological polar surface area (TPSA) is 56.1 Å². The Morgan fingerprint density at radius 1 is 1.48 bits per heavy atom. The molecule has 0 aromatic carbocycles. The molecule has 1 aliphatic heterocycles. The van der Waals surface area contributed by atoms with E-state index < -0.39 is 0 Å². The molecule has 6 nitrogen and oxygen atoms in total. The van der Waals surface area contributed by atoms with E-state index >= 15 is 0 Å². The van der Waals surface area contributed by atoms with E-state index in [2.05, 4.69) is 39.4 Å². The number of methoxy groups -OCH3 is 1. The summed E-state index contributed by atoms with van der Waals surface area (Å²) in [4.78, 5) is 6.97. The Bertz CT molecular complexity index is 620. The second-order valence-corrected chi connectivity index (χ2v) is 6.93. The Morgan fingerprint density at radius 3 is 2.90 bits per heavy atom. The number of aryl methyl sites for hydroxylation is 1. The van der Waals surface area contributed by atoms with Crippen molar-refractivity contribution in [1.82, 2.24) is 19.1 Å². The van der Waals surface area contributed by atoms with Crippen molar-refractivity contribution in [2.24, 2.45) is 12.5 Å². The number of aromatic nitrogens is 4. The first-order chi connectivity index (χ1) is 10.0. The minimum Gasteiger partial charge on any atom is -0.384 e. The lowest BCUT2D eigenvalue weighted by atomic mass is 9.73. The SMILES string of the molecule is COCCc1nsc(N2CC(C)(C)C2c2cnn(C)c2)n1. The summed E-state index contributed by atoms with van der Waals surface area (Å²) >= 11 is 1.47. The maximum absolute atomic E-state index is 5.08. The maximum Gasteiger partial charge on any atom is 0.205 e. The Kier molecular flexibility index (Phi) is 3.71. The average molecular weight is 307 g/mol. The van der Waals surface area contributed by atoms with E-state index in [9.17, 15) is 0 Å². The smallest absolute Gasteiger partial charge is 0.205 e. The van der Waals surface area contributed by atoms with Crippen LogP contribution >= 0.6 is 11.5 Å². The lowest BCUT2D eigenvalue weighted by molar-refractivity contribution is 0.180. The first-order valence-electron chi connectivity index (χ1n) is 7.08. The van der Waals surface area contributed by atoms with Crippen molar-refractivity contribution in [2.75, 3.05) is 25.2 Å². The number of hydrogen-bond donors (Lipinski definition) is 0. The first-order valence-corrected chi connectivity index (χ1v) is 7.85. The van der Waals surface area contributed by atoms with E-state index in [4.69, 9.17) is 4.74 Å². The van der Waals surface area contributed by atoms with Crippen LogP contribution in [0.4, 0.5) is 5.13 Å². The van der Waals surface area contributed by atoms with E-state index in [0.717, 1.165) is 23.9 Å². The van der Waals surface area contributed by atoms with Crippen LogP contribution in [0.2, 0.25) is 0 Å². The van der Waals surface area contributed by atoms with Gasteiger partial charge in [0.2, 0.25) is 5.13 Å². The summed E-state index contributed by atoms with van der Waals surface area (Å²) in [5.41, 5.74) is 1.46. The number of nitrogens with zero attached hydrogens (tertiary/aromatic N) is 5. The fraction of sp³-hybridized carbons (Fsp3) is 0.643. The van der Waals surface area contributed by atoms with Crippen LogP contribution in [0.25, 0.3) is 0 Å². The Balaban J connectivity index is 1.80. The van der Waals surface area contributed by atoms with Gasteiger partial charge < -0.3 is 9.64 Å². The van der Waals surface area contributed by atoms with Gasteiger partial charge in [-0.3, -0.25) is 4.68 Å². The highest BCUT2D eigenvalue weighted by Gasteiger charge is 2.48. The molecule has 0 spiro atoms. The van der Waals surface area contributed by atoms with Crippen LogP contribution in [0, 0.1) is 5.41 Å². The van der Waals surface area contributed by atoms with Crippen LogP contribution in [0.3, 0.4) is 0 Å². The monoisotopic (exact) mass is 307 g/mol. The lowest BCUT2D eigenvalue weighted by Gasteiger charge is -2.53. The van der Waals surface area contributed by atoms with E-state index in [-0.39, 0.29) is 5.41 Å². The van der Waals surface area contributed by atoms with Gasteiger partial charge in [0.1, 0.15) is 5.82 Å². The van der Waals surface area contributed by atoms with Crippen molar-refractivity contribution in [1.29, 1.82) is 0 Å². The number of rotatable bonds is 5. The summed E-state index contributed by atoms with van der Waals surface area (Å²) in [5, 5.41) is 5.29. The van der Waals surface area contributed by atoms with Gasteiger partial charge in [0, 0.05) is 55.8 Å². The zero-order chi connectivity index (χ0) is 15.0. The summed E-state index contributed by atoms with van der Waals surface area (Å²) in [6.07, 6.45) is 4.80. The standard InChI is InChI=1S/C14H21N5OS/c1-14(2)9-19(12(14)10-7-15-18(3)8-10)13-16-11(17-21-13)5-6-20-4/h7-8,12H,5-6,9H2,1-4H3. The molecular formula is C14H21N5OS. The van der Waals surface area contributed by atoms with Gasteiger partial charge in [-0.05, 0) is 0 Å². The minimum absolute atomic E-state index is 0.224. The Hall–Kier alpha value is -1.47. The zero-order valence-corrected chi connectivity index (χ0v) is 13.7. The van der Waals surface area contributed by atoms with Gasteiger partial charge >= 0.3 is 0 Å². The predicted molar refractivity (Wildman–Crippen MR) is 82.6 cm³/mol. The quantitative estimate of drug-likeness (QED) is 0.846. The van der Waals surface area contributed by atoms with Gasteiger partial charge in [0.15, 0.2) is 0 Å². The van der Waals surface area contributed by atoms with Crippen molar-refractivity contribution >= 4 is 16.7 Å². The molecule has 1 atom stereocenters. The molecule has 0 saturated carbocycles. The molecule has 1 aliphatic rings. The highest BCUT2D eigenvalue weighted by atomic mass is 32.1. The molecule has 0 N–H and O–H groups in total. The Labute approximate surface area is 128 Å². The third-order valence-corrected chi connectivity index (χ3v) is 4.69. The van der Waals surface area contributed by atoms with Crippen LogP contribution in [0.5, 0.6) is 0 Å². The highest BCUT2D eigenvalue weighted by Crippen LogP contribution is 2.50. The molecular weight excluding hydrogens is 286 g/mol. The van der Waals surface area contributed by atoms with Gasteiger partial charge in [0.25, 0.3) is 0 Å². The lowest BCUT2D eigenvalue weighted by Crippen LogP contribution is -2.55. The van der Waals surface area contributed by atoms with Crippen molar-refractivity contribution < 1.29 is 4.74 Å². The molecule has 0 aliphatic carbocycles. The van der Waals surface area contributed by atoms with Crippen LogP contribution in [-0.4, -0.2) is 39.4 Å². The normalized spacial score (nSPS) is 20.6. The highest BCUT2D eigenvalue weighted by molar-refractivity contribution is 7.09. The number of hydrogen-bond acceptors (Lipinski definition) is 6. The summed E-state index contributed by atoms with van der Waals surface area (Å²) in [6, 6.07) is 0.314. The second kappa shape index (κ2) is 5.38. The van der Waals surface area contributed by atoms with Gasteiger partial charge in [-0.25, -0.2) is 4.98 Å². The van der Waals surface area contributed by atoms with Crippen molar-refractivity contribution in [3.8, 4) is 0 Å².